The molecule has 0 aliphatic heterocycles. The van der Waals surface area contributed by atoms with Crippen molar-refractivity contribution in [1.29, 1.82) is 0 Å². The Bertz CT molecular complexity index is 590. The number of halogens is 2. The van der Waals surface area contributed by atoms with E-state index in [1.165, 1.54) is 0 Å². The minimum atomic E-state index is -0.723. The van der Waals surface area contributed by atoms with Crippen molar-refractivity contribution in [2.45, 2.75) is 26.2 Å². The zero-order chi connectivity index (χ0) is 14.0. The topological polar surface area (TPSA) is 56.0 Å². The van der Waals surface area contributed by atoms with E-state index in [0.717, 1.165) is 18.2 Å². The molecule has 2 aromatic rings. The van der Waals surface area contributed by atoms with E-state index in [2.05, 4.69) is 10.1 Å². The van der Waals surface area contributed by atoms with Crippen LogP contribution in [0, 0.1) is 11.6 Å². The fraction of sp³-hybridized carbons (Fsp3) is 0.308. The highest BCUT2D eigenvalue weighted by Gasteiger charge is 2.21. The van der Waals surface area contributed by atoms with Gasteiger partial charge in [0.2, 0.25) is 11.7 Å². The quantitative estimate of drug-likeness (QED) is 0.853. The van der Waals surface area contributed by atoms with E-state index in [-0.39, 0.29) is 23.1 Å². The van der Waals surface area contributed by atoms with Gasteiger partial charge in [-0.25, -0.2) is 8.78 Å². The molecule has 0 amide bonds. The molecule has 0 spiro atoms. The van der Waals surface area contributed by atoms with Crippen LogP contribution in [0.2, 0.25) is 0 Å². The molecule has 0 aliphatic carbocycles. The molecule has 1 aromatic carbocycles. The second-order valence-electron chi connectivity index (χ2n) is 4.16. The molecule has 0 saturated heterocycles. The van der Waals surface area contributed by atoms with Gasteiger partial charge in [-0.3, -0.25) is 4.79 Å². The van der Waals surface area contributed by atoms with E-state index in [1.54, 1.807) is 13.8 Å². The van der Waals surface area contributed by atoms with Gasteiger partial charge in [0.05, 0.1) is 5.92 Å². The summed E-state index contributed by atoms with van der Waals surface area (Å²) in [6, 6.07) is 2.96. The smallest absolute Gasteiger partial charge is 0.237 e. The van der Waals surface area contributed by atoms with Gasteiger partial charge < -0.3 is 4.52 Å². The summed E-state index contributed by atoms with van der Waals surface area (Å²) in [7, 11) is 0. The van der Waals surface area contributed by atoms with Crippen LogP contribution in [0.25, 0.3) is 11.4 Å². The first-order valence-electron chi connectivity index (χ1n) is 5.84. The van der Waals surface area contributed by atoms with E-state index in [1.807, 2.05) is 0 Å². The molecule has 4 nitrogen and oxygen atoms in total. The third-order valence-corrected chi connectivity index (χ3v) is 2.76. The number of benzene rings is 1. The van der Waals surface area contributed by atoms with Crippen LogP contribution in [0.15, 0.2) is 22.7 Å². The SMILES string of the molecule is CCC(=O)C(C)c1nc(-c2cc(F)cc(F)c2)no1. The first kappa shape index (κ1) is 13.3. The standard InChI is InChI=1S/C13H12F2N2O2/c1-3-11(18)7(2)13-16-12(17-19-13)8-4-9(14)6-10(15)5-8/h4-7H,3H2,1-2H3. The van der Waals surface area contributed by atoms with Gasteiger partial charge in [0.25, 0.3) is 0 Å². The number of aromatic nitrogens is 2. The first-order valence-corrected chi connectivity index (χ1v) is 5.84. The van der Waals surface area contributed by atoms with Crippen LogP contribution >= 0.6 is 0 Å². The highest BCUT2D eigenvalue weighted by Crippen LogP contribution is 2.22. The number of Topliss-reactive ketones (excluding diaryl/α,β-unsaturated/α-hetero) is 1. The van der Waals surface area contributed by atoms with Crippen LogP contribution in [0.1, 0.15) is 32.1 Å². The Morgan fingerprint density at radius 1 is 1.32 bits per heavy atom. The Labute approximate surface area is 108 Å². The van der Waals surface area contributed by atoms with Gasteiger partial charge in [0.1, 0.15) is 17.4 Å². The summed E-state index contributed by atoms with van der Waals surface area (Å²) in [5, 5.41) is 3.63. The van der Waals surface area contributed by atoms with Crippen molar-refractivity contribution in [2.24, 2.45) is 0 Å². The fourth-order valence-electron chi connectivity index (χ4n) is 1.66. The van der Waals surface area contributed by atoms with E-state index >= 15 is 0 Å². The van der Waals surface area contributed by atoms with Crippen LogP contribution in [0.4, 0.5) is 8.78 Å². The summed E-state index contributed by atoms with van der Waals surface area (Å²) >= 11 is 0. The monoisotopic (exact) mass is 266 g/mol. The molecule has 1 heterocycles. The molecular formula is C13H12F2N2O2. The summed E-state index contributed by atoms with van der Waals surface area (Å²) < 4.78 is 31.1. The molecule has 0 aliphatic rings. The molecule has 2 rings (SSSR count). The van der Waals surface area contributed by atoms with Crippen LogP contribution < -0.4 is 0 Å². The van der Waals surface area contributed by atoms with Gasteiger partial charge in [-0.05, 0) is 19.1 Å². The van der Waals surface area contributed by atoms with E-state index in [9.17, 15) is 13.6 Å². The Morgan fingerprint density at radius 3 is 2.53 bits per heavy atom. The van der Waals surface area contributed by atoms with E-state index in [4.69, 9.17) is 4.52 Å². The lowest BCUT2D eigenvalue weighted by atomic mass is 10.1. The molecule has 1 aromatic heterocycles. The average Bonchev–Trinajstić information content (AvgIpc) is 2.85. The first-order chi connectivity index (χ1) is 9.01. The number of ketones is 1. The van der Waals surface area contributed by atoms with E-state index < -0.39 is 17.6 Å². The van der Waals surface area contributed by atoms with Crippen LogP contribution in [0.5, 0.6) is 0 Å². The Morgan fingerprint density at radius 2 is 1.95 bits per heavy atom. The minimum Gasteiger partial charge on any atom is -0.338 e. The normalized spacial score (nSPS) is 12.4. The lowest BCUT2D eigenvalue weighted by molar-refractivity contribution is -0.120. The molecule has 0 bridgehead atoms. The summed E-state index contributed by atoms with van der Waals surface area (Å²) in [5.41, 5.74) is 0.170. The van der Waals surface area contributed by atoms with Crippen LogP contribution in [0.3, 0.4) is 0 Å². The molecule has 0 saturated carbocycles. The van der Waals surface area contributed by atoms with Crippen molar-refractivity contribution in [3.63, 3.8) is 0 Å². The number of rotatable bonds is 4. The van der Waals surface area contributed by atoms with Crippen molar-refractivity contribution in [3.05, 3.63) is 35.7 Å². The van der Waals surface area contributed by atoms with E-state index in [0.29, 0.717) is 6.42 Å². The number of hydrogen-bond acceptors (Lipinski definition) is 4. The number of carbonyl (C=O) groups is 1. The van der Waals surface area contributed by atoms with Crippen molar-refractivity contribution in [2.75, 3.05) is 0 Å². The van der Waals surface area contributed by atoms with Gasteiger partial charge in [-0.1, -0.05) is 12.1 Å². The van der Waals surface area contributed by atoms with Crippen molar-refractivity contribution >= 4 is 5.78 Å². The zero-order valence-electron chi connectivity index (χ0n) is 10.5. The highest BCUT2D eigenvalue weighted by molar-refractivity contribution is 5.84. The average molecular weight is 266 g/mol. The lowest BCUT2D eigenvalue weighted by Gasteiger charge is -2.01. The number of carbonyl (C=O) groups excluding carboxylic acids is 1. The largest absolute Gasteiger partial charge is 0.338 e. The summed E-state index contributed by atoms with van der Waals surface area (Å²) in [4.78, 5) is 15.5. The molecule has 0 fully saturated rings. The van der Waals surface area contributed by atoms with Crippen molar-refractivity contribution in [3.8, 4) is 11.4 Å². The second-order valence-corrected chi connectivity index (χ2v) is 4.16. The molecule has 6 heteroatoms. The van der Waals surface area contributed by atoms with Crippen LogP contribution in [-0.4, -0.2) is 15.9 Å². The molecule has 1 unspecified atom stereocenters. The fourth-order valence-corrected chi connectivity index (χ4v) is 1.66. The van der Waals surface area contributed by atoms with Gasteiger partial charge in [-0.2, -0.15) is 4.98 Å². The Balaban J connectivity index is 2.33. The molecule has 1 atom stereocenters. The predicted molar refractivity (Wildman–Crippen MR) is 63.4 cm³/mol. The van der Waals surface area contributed by atoms with Crippen molar-refractivity contribution in [1.82, 2.24) is 10.1 Å². The van der Waals surface area contributed by atoms with Gasteiger partial charge in [0.15, 0.2) is 0 Å². The molecule has 0 radical (unpaired) electrons. The third-order valence-electron chi connectivity index (χ3n) is 2.76. The maximum absolute atomic E-state index is 13.1. The van der Waals surface area contributed by atoms with Gasteiger partial charge in [-0.15, -0.1) is 0 Å². The maximum atomic E-state index is 13.1. The summed E-state index contributed by atoms with van der Waals surface area (Å²) in [6.45, 7) is 3.38. The van der Waals surface area contributed by atoms with Gasteiger partial charge in [0, 0.05) is 18.1 Å². The molecule has 0 N–H and O–H groups in total. The Kier molecular flexibility index (Phi) is 3.69. The Hall–Kier alpha value is -2.11. The van der Waals surface area contributed by atoms with Crippen LogP contribution in [-0.2, 0) is 4.79 Å². The molecule has 100 valence electrons. The molecule has 19 heavy (non-hydrogen) atoms. The second kappa shape index (κ2) is 5.26. The number of hydrogen-bond donors (Lipinski definition) is 0. The minimum absolute atomic E-state index is 0.0411. The predicted octanol–water partition coefficient (Wildman–Crippen LogP) is 3.10. The third kappa shape index (κ3) is 2.83. The van der Waals surface area contributed by atoms with Gasteiger partial charge >= 0.3 is 0 Å². The van der Waals surface area contributed by atoms with Crippen molar-refractivity contribution < 1.29 is 18.1 Å². The number of nitrogens with zero attached hydrogens (tertiary/aromatic N) is 2. The molecular weight excluding hydrogens is 254 g/mol. The lowest BCUT2D eigenvalue weighted by Crippen LogP contribution is -2.07. The highest BCUT2D eigenvalue weighted by atomic mass is 19.1. The zero-order valence-corrected chi connectivity index (χ0v) is 10.5. The summed E-state index contributed by atoms with van der Waals surface area (Å²) in [6.07, 6.45) is 0.355. The maximum Gasteiger partial charge on any atom is 0.237 e. The summed E-state index contributed by atoms with van der Waals surface area (Å²) in [5.74, 6) is -1.81.